The number of aromatic nitrogens is 2. The molecule has 1 N–H and O–H groups in total. The highest BCUT2D eigenvalue weighted by Gasteiger charge is 1.99. The Morgan fingerprint density at radius 1 is 1.54 bits per heavy atom. The zero-order valence-corrected chi connectivity index (χ0v) is 9.06. The molecular formula is C9H15N3S. The number of thioether (sulfide) groups is 1. The topological polar surface area (TPSA) is 37.8 Å². The fourth-order valence-electron chi connectivity index (χ4n) is 0.883. The average Bonchev–Trinajstić information content (AvgIpc) is 2.14. The summed E-state index contributed by atoms with van der Waals surface area (Å²) in [6.07, 6.45) is 3.69. The molecule has 1 aromatic heterocycles. The van der Waals surface area contributed by atoms with Crippen molar-refractivity contribution < 1.29 is 0 Å². The van der Waals surface area contributed by atoms with Crippen LogP contribution in [-0.2, 0) is 0 Å². The number of rotatable bonds is 4. The molecule has 0 aliphatic carbocycles. The normalized spacial score (nSPS) is 12.5. The molecule has 0 fully saturated rings. The first-order chi connectivity index (χ1) is 6.22. The van der Waals surface area contributed by atoms with E-state index in [1.54, 1.807) is 6.33 Å². The molecule has 1 heterocycles. The minimum Gasteiger partial charge on any atom is -0.369 e. The van der Waals surface area contributed by atoms with Gasteiger partial charge in [0.1, 0.15) is 12.1 Å². The first-order valence-electron chi connectivity index (χ1n) is 4.27. The van der Waals surface area contributed by atoms with E-state index in [1.807, 2.05) is 24.8 Å². The van der Waals surface area contributed by atoms with E-state index in [9.17, 15) is 0 Å². The zero-order chi connectivity index (χ0) is 9.68. The van der Waals surface area contributed by atoms with Crippen LogP contribution in [0, 0.1) is 6.92 Å². The summed E-state index contributed by atoms with van der Waals surface area (Å²) in [5.74, 6) is 0.911. The molecule has 3 nitrogen and oxygen atoms in total. The quantitative estimate of drug-likeness (QED) is 0.800. The maximum atomic E-state index is 4.11. The number of aryl methyl sites for hydroxylation is 1. The van der Waals surface area contributed by atoms with E-state index in [0.717, 1.165) is 18.1 Å². The highest BCUT2D eigenvalue weighted by atomic mass is 32.2. The largest absolute Gasteiger partial charge is 0.369 e. The summed E-state index contributed by atoms with van der Waals surface area (Å²) < 4.78 is 0. The Labute approximate surface area is 83.4 Å². The molecule has 1 aromatic rings. The standard InChI is InChI=1S/C9H15N3S/c1-7-4-9(12-6-11-7)10-5-8(2)13-3/h4,6,8H,5H2,1-3H3,(H,10,11,12). The zero-order valence-electron chi connectivity index (χ0n) is 8.24. The van der Waals surface area contributed by atoms with E-state index in [-0.39, 0.29) is 0 Å². The van der Waals surface area contributed by atoms with Crippen LogP contribution in [0.5, 0.6) is 0 Å². The van der Waals surface area contributed by atoms with Gasteiger partial charge in [0.2, 0.25) is 0 Å². The van der Waals surface area contributed by atoms with Crippen molar-refractivity contribution in [2.45, 2.75) is 19.1 Å². The van der Waals surface area contributed by atoms with Crippen molar-refractivity contribution in [2.75, 3.05) is 18.1 Å². The van der Waals surface area contributed by atoms with Gasteiger partial charge in [0.15, 0.2) is 0 Å². The fraction of sp³-hybridized carbons (Fsp3) is 0.556. The predicted molar refractivity (Wildman–Crippen MR) is 58.2 cm³/mol. The second kappa shape index (κ2) is 5.07. The average molecular weight is 197 g/mol. The molecular weight excluding hydrogens is 182 g/mol. The Morgan fingerprint density at radius 3 is 2.92 bits per heavy atom. The summed E-state index contributed by atoms with van der Waals surface area (Å²) in [5, 5.41) is 3.87. The Hall–Kier alpha value is -0.770. The van der Waals surface area contributed by atoms with E-state index in [4.69, 9.17) is 0 Å². The summed E-state index contributed by atoms with van der Waals surface area (Å²) in [6, 6.07) is 1.95. The van der Waals surface area contributed by atoms with Gasteiger partial charge in [-0.1, -0.05) is 6.92 Å². The van der Waals surface area contributed by atoms with E-state index >= 15 is 0 Å². The van der Waals surface area contributed by atoms with Crippen molar-refractivity contribution in [3.05, 3.63) is 18.1 Å². The highest BCUT2D eigenvalue weighted by molar-refractivity contribution is 7.99. The number of hydrogen-bond acceptors (Lipinski definition) is 4. The summed E-state index contributed by atoms with van der Waals surface area (Å²) >= 11 is 1.84. The van der Waals surface area contributed by atoms with Gasteiger partial charge in [0.25, 0.3) is 0 Å². The Bertz CT molecular complexity index is 265. The van der Waals surface area contributed by atoms with Crippen molar-refractivity contribution in [1.29, 1.82) is 0 Å². The van der Waals surface area contributed by atoms with E-state index in [0.29, 0.717) is 5.25 Å². The van der Waals surface area contributed by atoms with Crippen LogP contribution in [0.3, 0.4) is 0 Å². The van der Waals surface area contributed by atoms with E-state index < -0.39 is 0 Å². The molecule has 1 unspecified atom stereocenters. The van der Waals surface area contributed by atoms with Crippen LogP contribution in [0.25, 0.3) is 0 Å². The Kier molecular flexibility index (Phi) is 4.02. The van der Waals surface area contributed by atoms with Gasteiger partial charge < -0.3 is 5.32 Å². The molecule has 0 amide bonds. The lowest BCUT2D eigenvalue weighted by Crippen LogP contribution is -2.13. The van der Waals surface area contributed by atoms with Gasteiger partial charge in [-0.25, -0.2) is 9.97 Å². The lowest BCUT2D eigenvalue weighted by atomic mass is 10.4. The SMILES string of the molecule is CSC(C)CNc1cc(C)ncn1. The Morgan fingerprint density at radius 2 is 2.31 bits per heavy atom. The minimum absolute atomic E-state index is 0.607. The van der Waals surface area contributed by atoms with E-state index in [1.165, 1.54) is 0 Å². The van der Waals surface area contributed by atoms with Gasteiger partial charge in [-0.2, -0.15) is 11.8 Å². The van der Waals surface area contributed by atoms with E-state index in [2.05, 4.69) is 28.5 Å². The van der Waals surface area contributed by atoms with Gasteiger partial charge >= 0.3 is 0 Å². The molecule has 0 saturated heterocycles. The smallest absolute Gasteiger partial charge is 0.129 e. The highest BCUT2D eigenvalue weighted by Crippen LogP contribution is 2.07. The molecule has 13 heavy (non-hydrogen) atoms. The number of anilines is 1. The maximum Gasteiger partial charge on any atom is 0.129 e. The van der Waals surface area contributed by atoms with Crippen molar-refractivity contribution >= 4 is 17.6 Å². The second-order valence-corrected chi connectivity index (χ2v) is 4.25. The predicted octanol–water partition coefficient (Wildman–Crippen LogP) is 1.95. The van der Waals surface area contributed by atoms with Gasteiger partial charge in [0.05, 0.1) is 0 Å². The van der Waals surface area contributed by atoms with Crippen LogP contribution in [-0.4, -0.2) is 28.0 Å². The molecule has 0 spiro atoms. The van der Waals surface area contributed by atoms with Crippen LogP contribution in [0.2, 0.25) is 0 Å². The third kappa shape index (κ3) is 3.63. The third-order valence-corrected chi connectivity index (χ3v) is 2.75. The van der Waals surface area contributed by atoms with Crippen molar-refractivity contribution in [3.63, 3.8) is 0 Å². The molecule has 0 aromatic carbocycles. The summed E-state index contributed by atoms with van der Waals surface area (Å²) in [4.78, 5) is 8.15. The van der Waals surface area contributed by atoms with Crippen molar-refractivity contribution in [1.82, 2.24) is 9.97 Å². The minimum atomic E-state index is 0.607. The summed E-state index contributed by atoms with van der Waals surface area (Å²) in [6.45, 7) is 5.09. The summed E-state index contributed by atoms with van der Waals surface area (Å²) in [5.41, 5.74) is 0.995. The first kappa shape index (κ1) is 10.3. The molecule has 0 radical (unpaired) electrons. The third-order valence-electron chi connectivity index (χ3n) is 1.78. The lowest BCUT2D eigenvalue weighted by molar-refractivity contribution is 0.980. The van der Waals surface area contributed by atoms with Gasteiger partial charge in [-0.15, -0.1) is 0 Å². The molecule has 0 saturated carbocycles. The second-order valence-electron chi connectivity index (χ2n) is 2.97. The fourth-order valence-corrected chi connectivity index (χ4v) is 1.13. The molecule has 0 aliphatic heterocycles. The molecule has 72 valence electrons. The molecule has 0 bridgehead atoms. The van der Waals surface area contributed by atoms with Crippen LogP contribution >= 0.6 is 11.8 Å². The number of hydrogen-bond donors (Lipinski definition) is 1. The van der Waals surface area contributed by atoms with Gasteiger partial charge in [-0.3, -0.25) is 0 Å². The molecule has 1 atom stereocenters. The number of nitrogens with one attached hydrogen (secondary N) is 1. The van der Waals surface area contributed by atoms with Crippen LogP contribution in [0.1, 0.15) is 12.6 Å². The van der Waals surface area contributed by atoms with Crippen LogP contribution in [0.4, 0.5) is 5.82 Å². The van der Waals surface area contributed by atoms with Gasteiger partial charge in [0, 0.05) is 23.6 Å². The lowest BCUT2D eigenvalue weighted by Gasteiger charge is -2.09. The summed E-state index contributed by atoms with van der Waals surface area (Å²) in [7, 11) is 0. The molecule has 4 heteroatoms. The van der Waals surface area contributed by atoms with Crippen LogP contribution < -0.4 is 5.32 Å². The first-order valence-corrected chi connectivity index (χ1v) is 5.56. The number of nitrogens with zero attached hydrogens (tertiary/aromatic N) is 2. The molecule has 0 aliphatic rings. The maximum absolute atomic E-state index is 4.11. The van der Waals surface area contributed by atoms with Gasteiger partial charge in [-0.05, 0) is 13.2 Å². The van der Waals surface area contributed by atoms with Crippen LogP contribution in [0.15, 0.2) is 12.4 Å². The van der Waals surface area contributed by atoms with Crippen molar-refractivity contribution in [2.24, 2.45) is 0 Å². The molecule has 1 rings (SSSR count). The monoisotopic (exact) mass is 197 g/mol. The van der Waals surface area contributed by atoms with Crippen molar-refractivity contribution in [3.8, 4) is 0 Å². The Balaban J connectivity index is 2.45.